The normalized spacial score (nSPS) is 16.2. The standard InChI is InChI=1S/C21H20O3/c1-21(2)12-11-19(22)17-13-15(7-10-18(17)21)4-3-14-5-8-16(9-6-14)20(23)24/h3-10,13H,11-12H2,1-2H3,(H,23,24)/p-1/b4-3+. The van der Waals surface area contributed by atoms with Gasteiger partial charge in [-0.25, -0.2) is 0 Å². The van der Waals surface area contributed by atoms with Gasteiger partial charge in [0, 0.05) is 12.0 Å². The van der Waals surface area contributed by atoms with Crippen molar-refractivity contribution in [3.05, 3.63) is 70.3 Å². The van der Waals surface area contributed by atoms with Crippen LogP contribution in [0.1, 0.15) is 64.1 Å². The van der Waals surface area contributed by atoms with E-state index in [-0.39, 0.29) is 16.8 Å². The number of carbonyl (C=O) groups is 2. The van der Waals surface area contributed by atoms with Gasteiger partial charge in [-0.1, -0.05) is 62.4 Å². The van der Waals surface area contributed by atoms with E-state index in [1.807, 2.05) is 30.4 Å². The minimum absolute atomic E-state index is 0.0339. The maximum atomic E-state index is 12.2. The summed E-state index contributed by atoms with van der Waals surface area (Å²) < 4.78 is 0. The molecule has 0 saturated carbocycles. The van der Waals surface area contributed by atoms with Gasteiger partial charge < -0.3 is 9.90 Å². The topological polar surface area (TPSA) is 57.2 Å². The molecule has 0 radical (unpaired) electrons. The molecule has 3 rings (SSSR count). The molecule has 0 heterocycles. The number of hydrogen-bond acceptors (Lipinski definition) is 3. The first-order chi connectivity index (χ1) is 11.4. The minimum Gasteiger partial charge on any atom is -0.545 e. The summed E-state index contributed by atoms with van der Waals surface area (Å²) in [6.07, 6.45) is 5.32. The number of rotatable bonds is 3. The number of carbonyl (C=O) groups excluding carboxylic acids is 2. The van der Waals surface area contributed by atoms with Crippen molar-refractivity contribution < 1.29 is 14.7 Å². The summed E-state index contributed by atoms with van der Waals surface area (Å²) in [6, 6.07) is 12.5. The first kappa shape index (κ1) is 16.2. The predicted molar refractivity (Wildman–Crippen MR) is 92.7 cm³/mol. The Morgan fingerprint density at radius 2 is 1.67 bits per heavy atom. The number of carboxylic acid groups (broad SMARTS) is 1. The fourth-order valence-corrected chi connectivity index (χ4v) is 3.10. The Kier molecular flexibility index (Phi) is 4.10. The molecule has 0 saturated heterocycles. The molecule has 1 aliphatic rings. The van der Waals surface area contributed by atoms with Crippen LogP contribution in [0.3, 0.4) is 0 Å². The summed E-state index contributed by atoms with van der Waals surface area (Å²) in [6.45, 7) is 4.35. The molecule has 0 unspecified atom stereocenters. The zero-order chi connectivity index (χ0) is 17.3. The molecule has 3 heteroatoms. The fourth-order valence-electron chi connectivity index (χ4n) is 3.10. The number of hydrogen-bond donors (Lipinski definition) is 0. The van der Waals surface area contributed by atoms with Gasteiger partial charge >= 0.3 is 0 Å². The molecule has 0 bridgehead atoms. The lowest BCUT2D eigenvalue weighted by molar-refractivity contribution is -0.255. The fraction of sp³-hybridized carbons (Fsp3) is 0.238. The first-order valence-corrected chi connectivity index (χ1v) is 8.04. The third-order valence-electron chi connectivity index (χ3n) is 4.66. The van der Waals surface area contributed by atoms with E-state index in [1.165, 1.54) is 12.1 Å². The molecule has 0 aliphatic heterocycles. The quantitative estimate of drug-likeness (QED) is 0.814. The summed E-state index contributed by atoms with van der Waals surface area (Å²) in [5, 5.41) is 10.8. The molecule has 0 aromatic heterocycles. The molecule has 0 N–H and O–H groups in total. The molecular weight excluding hydrogens is 300 g/mol. The third kappa shape index (κ3) is 3.16. The summed E-state index contributed by atoms with van der Waals surface area (Å²) in [4.78, 5) is 23.0. The second-order valence-corrected chi connectivity index (χ2v) is 6.85. The Hall–Kier alpha value is -2.68. The van der Waals surface area contributed by atoms with Crippen molar-refractivity contribution in [2.75, 3.05) is 0 Å². The highest BCUT2D eigenvalue weighted by molar-refractivity contribution is 5.99. The van der Waals surface area contributed by atoms with Crippen molar-refractivity contribution in [3.63, 3.8) is 0 Å². The highest BCUT2D eigenvalue weighted by Gasteiger charge is 2.31. The Bertz CT molecular complexity index is 827. The minimum atomic E-state index is -1.18. The number of carboxylic acids is 1. The highest BCUT2D eigenvalue weighted by atomic mass is 16.4. The number of fused-ring (bicyclic) bond motifs is 1. The van der Waals surface area contributed by atoms with Gasteiger partial charge in [-0.05, 0) is 40.2 Å². The number of aromatic carboxylic acids is 1. The van der Waals surface area contributed by atoms with Crippen molar-refractivity contribution in [2.24, 2.45) is 0 Å². The Morgan fingerprint density at radius 1 is 1.04 bits per heavy atom. The lowest BCUT2D eigenvalue weighted by atomic mass is 9.72. The van der Waals surface area contributed by atoms with Gasteiger partial charge in [-0.15, -0.1) is 0 Å². The van der Waals surface area contributed by atoms with Gasteiger partial charge in [0.1, 0.15) is 0 Å². The van der Waals surface area contributed by atoms with Crippen LogP contribution >= 0.6 is 0 Å². The molecular formula is C21H19O3-. The summed E-state index contributed by atoms with van der Waals surface area (Å²) in [7, 11) is 0. The number of benzene rings is 2. The van der Waals surface area contributed by atoms with E-state index >= 15 is 0 Å². The number of ketones is 1. The van der Waals surface area contributed by atoms with Gasteiger partial charge in [0.2, 0.25) is 0 Å². The first-order valence-electron chi connectivity index (χ1n) is 8.04. The van der Waals surface area contributed by atoms with Gasteiger partial charge in [0.25, 0.3) is 0 Å². The molecule has 0 fully saturated rings. The average Bonchev–Trinajstić information content (AvgIpc) is 2.57. The van der Waals surface area contributed by atoms with E-state index in [9.17, 15) is 14.7 Å². The van der Waals surface area contributed by atoms with Gasteiger partial charge in [0.15, 0.2) is 5.78 Å². The summed E-state index contributed by atoms with van der Waals surface area (Å²) >= 11 is 0. The maximum Gasteiger partial charge on any atom is 0.163 e. The molecule has 0 atom stereocenters. The second kappa shape index (κ2) is 6.08. The maximum absolute atomic E-state index is 12.2. The van der Waals surface area contributed by atoms with Crippen molar-refractivity contribution in [3.8, 4) is 0 Å². The van der Waals surface area contributed by atoms with Crippen LogP contribution in [0.25, 0.3) is 12.2 Å². The van der Waals surface area contributed by atoms with Crippen molar-refractivity contribution >= 4 is 23.9 Å². The van der Waals surface area contributed by atoms with Crippen LogP contribution in [0.2, 0.25) is 0 Å². The number of Topliss-reactive ketones (excluding diaryl/α,β-unsaturated/α-hetero) is 1. The lowest BCUT2D eigenvalue weighted by Crippen LogP contribution is -2.27. The predicted octanol–water partition coefficient (Wildman–Crippen LogP) is 3.47. The van der Waals surface area contributed by atoms with Crippen molar-refractivity contribution in [1.29, 1.82) is 0 Å². The molecule has 3 nitrogen and oxygen atoms in total. The van der Waals surface area contributed by atoms with Crippen LogP contribution in [-0.2, 0) is 5.41 Å². The highest BCUT2D eigenvalue weighted by Crippen LogP contribution is 2.37. The molecule has 1 aliphatic carbocycles. The van der Waals surface area contributed by atoms with Crippen LogP contribution in [0.4, 0.5) is 0 Å². The molecule has 0 spiro atoms. The van der Waals surface area contributed by atoms with Crippen molar-refractivity contribution in [2.45, 2.75) is 32.1 Å². The van der Waals surface area contributed by atoms with E-state index in [1.54, 1.807) is 12.1 Å². The van der Waals surface area contributed by atoms with Crippen molar-refractivity contribution in [1.82, 2.24) is 0 Å². The van der Waals surface area contributed by atoms with Crippen LogP contribution in [-0.4, -0.2) is 11.8 Å². The SMILES string of the molecule is CC1(C)CCC(=O)c2cc(/C=C/c3ccc(C(=O)[O-])cc3)ccc21. The smallest absolute Gasteiger partial charge is 0.163 e. The van der Waals surface area contributed by atoms with Gasteiger partial charge in [0.05, 0.1) is 5.97 Å². The zero-order valence-electron chi connectivity index (χ0n) is 13.8. The van der Waals surface area contributed by atoms with Crippen LogP contribution in [0.5, 0.6) is 0 Å². The molecule has 122 valence electrons. The lowest BCUT2D eigenvalue weighted by Gasteiger charge is -2.31. The Labute approximate surface area is 141 Å². The summed E-state index contributed by atoms with van der Waals surface area (Å²) in [5.74, 6) is -0.973. The van der Waals surface area contributed by atoms with E-state index in [0.717, 1.165) is 28.7 Å². The van der Waals surface area contributed by atoms with Crippen LogP contribution in [0.15, 0.2) is 42.5 Å². The second-order valence-electron chi connectivity index (χ2n) is 6.85. The van der Waals surface area contributed by atoms with Crippen LogP contribution in [0, 0.1) is 0 Å². The molecule has 2 aromatic carbocycles. The van der Waals surface area contributed by atoms with Gasteiger partial charge in [-0.3, -0.25) is 4.79 Å². The van der Waals surface area contributed by atoms with E-state index in [2.05, 4.69) is 13.8 Å². The van der Waals surface area contributed by atoms with Gasteiger partial charge in [-0.2, -0.15) is 0 Å². The van der Waals surface area contributed by atoms with E-state index in [4.69, 9.17) is 0 Å². The van der Waals surface area contributed by atoms with E-state index < -0.39 is 5.97 Å². The molecule has 0 amide bonds. The van der Waals surface area contributed by atoms with E-state index in [0.29, 0.717) is 6.42 Å². The largest absolute Gasteiger partial charge is 0.545 e. The zero-order valence-corrected chi connectivity index (χ0v) is 13.8. The Balaban J connectivity index is 1.87. The summed E-state index contributed by atoms with van der Waals surface area (Å²) in [5.41, 5.74) is 3.99. The average molecular weight is 319 g/mol. The Morgan fingerprint density at radius 3 is 2.33 bits per heavy atom. The molecule has 24 heavy (non-hydrogen) atoms. The van der Waals surface area contributed by atoms with Crippen LogP contribution < -0.4 is 5.11 Å². The monoisotopic (exact) mass is 319 g/mol. The molecule has 2 aromatic rings. The third-order valence-corrected chi connectivity index (χ3v) is 4.66.